The van der Waals surface area contributed by atoms with Crippen molar-refractivity contribution in [2.75, 3.05) is 12.5 Å². The van der Waals surface area contributed by atoms with E-state index in [4.69, 9.17) is 0 Å². The standard InChI is InChI=1S/C18H13NO10S2/c1-30(24,25)28-17(20)14-7-10-5-3-4-6-12(10)13-8-11(19(22)23)9-15(16(13)14)18(21)29-31(2,26)27/h3-9H,1-2H3. The number of nitro benzene ring substituents is 1. The lowest BCUT2D eigenvalue weighted by Gasteiger charge is -2.13. The van der Waals surface area contributed by atoms with Crippen molar-refractivity contribution in [3.63, 3.8) is 0 Å². The van der Waals surface area contributed by atoms with E-state index >= 15 is 0 Å². The molecule has 3 rings (SSSR count). The Bertz CT molecular complexity index is 1490. The zero-order valence-corrected chi connectivity index (χ0v) is 17.5. The summed E-state index contributed by atoms with van der Waals surface area (Å²) in [7, 11) is -8.56. The van der Waals surface area contributed by atoms with E-state index in [1.807, 2.05) is 0 Å². The van der Waals surface area contributed by atoms with Crippen molar-refractivity contribution in [2.24, 2.45) is 0 Å². The zero-order valence-electron chi connectivity index (χ0n) is 15.9. The molecule has 31 heavy (non-hydrogen) atoms. The van der Waals surface area contributed by atoms with Crippen LogP contribution in [0.4, 0.5) is 5.69 Å². The van der Waals surface area contributed by atoms with E-state index in [2.05, 4.69) is 8.37 Å². The highest BCUT2D eigenvalue weighted by Crippen LogP contribution is 2.35. The summed E-state index contributed by atoms with van der Waals surface area (Å²) in [6.45, 7) is 0. The molecule has 13 heteroatoms. The lowest BCUT2D eigenvalue weighted by molar-refractivity contribution is -0.384. The van der Waals surface area contributed by atoms with Crippen LogP contribution in [0.2, 0.25) is 0 Å². The molecule has 0 radical (unpaired) electrons. The lowest BCUT2D eigenvalue weighted by atomic mass is 9.93. The van der Waals surface area contributed by atoms with Gasteiger partial charge in [-0.1, -0.05) is 24.3 Å². The van der Waals surface area contributed by atoms with Gasteiger partial charge in [0.2, 0.25) is 0 Å². The molecule has 0 N–H and O–H groups in total. The predicted octanol–water partition coefficient (Wildman–Crippen LogP) is 2.13. The van der Waals surface area contributed by atoms with E-state index in [-0.39, 0.29) is 10.8 Å². The number of hydrogen-bond acceptors (Lipinski definition) is 10. The number of rotatable bonds is 5. The third-order valence-electron chi connectivity index (χ3n) is 4.05. The Morgan fingerprint density at radius 1 is 0.839 bits per heavy atom. The van der Waals surface area contributed by atoms with Gasteiger partial charge < -0.3 is 8.37 Å². The number of non-ortho nitro benzene ring substituents is 1. The molecular formula is C18H13NO10S2. The van der Waals surface area contributed by atoms with Crippen LogP contribution < -0.4 is 0 Å². The van der Waals surface area contributed by atoms with Crippen molar-refractivity contribution in [3.05, 3.63) is 63.7 Å². The van der Waals surface area contributed by atoms with Crippen molar-refractivity contribution >= 4 is 59.4 Å². The van der Waals surface area contributed by atoms with Crippen molar-refractivity contribution in [3.8, 4) is 0 Å². The van der Waals surface area contributed by atoms with Gasteiger partial charge in [0.1, 0.15) is 0 Å². The molecule has 0 unspecified atom stereocenters. The second-order valence-corrected chi connectivity index (χ2v) is 9.62. The van der Waals surface area contributed by atoms with Gasteiger partial charge in [0, 0.05) is 17.5 Å². The minimum atomic E-state index is -4.31. The van der Waals surface area contributed by atoms with Crippen LogP contribution in [0.5, 0.6) is 0 Å². The van der Waals surface area contributed by atoms with E-state index in [1.165, 1.54) is 6.07 Å². The minimum absolute atomic E-state index is 0.0215. The average Bonchev–Trinajstić information content (AvgIpc) is 2.63. The second-order valence-electron chi connectivity index (χ2n) is 6.47. The Morgan fingerprint density at radius 2 is 1.35 bits per heavy atom. The quantitative estimate of drug-likeness (QED) is 0.235. The van der Waals surface area contributed by atoms with Crippen LogP contribution in [0.1, 0.15) is 20.7 Å². The van der Waals surface area contributed by atoms with Gasteiger partial charge in [-0.15, -0.1) is 0 Å². The number of fused-ring (bicyclic) bond motifs is 3. The normalized spacial score (nSPS) is 11.9. The summed E-state index contributed by atoms with van der Waals surface area (Å²) in [4.78, 5) is 35.7. The number of nitro groups is 1. The second kappa shape index (κ2) is 7.59. The van der Waals surface area contributed by atoms with Crippen molar-refractivity contribution in [1.82, 2.24) is 0 Å². The maximum Gasteiger partial charge on any atom is 0.354 e. The third-order valence-corrected chi connectivity index (χ3v) is 4.96. The largest absolute Gasteiger partial charge is 0.354 e. The molecule has 0 amide bonds. The predicted molar refractivity (Wildman–Crippen MR) is 109 cm³/mol. The Balaban J connectivity index is 2.50. The molecule has 11 nitrogen and oxygen atoms in total. The molecule has 0 aromatic heterocycles. The summed E-state index contributed by atoms with van der Waals surface area (Å²) in [6.07, 6.45) is 1.23. The summed E-state index contributed by atoms with van der Waals surface area (Å²) in [5.74, 6) is -2.85. The molecule has 0 saturated carbocycles. The van der Waals surface area contributed by atoms with E-state index in [0.29, 0.717) is 23.3 Å². The van der Waals surface area contributed by atoms with Crippen LogP contribution in [0.15, 0.2) is 42.5 Å². The highest BCUT2D eigenvalue weighted by Gasteiger charge is 2.27. The van der Waals surface area contributed by atoms with Crippen LogP contribution in [-0.2, 0) is 28.6 Å². The molecule has 162 valence electrons. The van der Waals surface area contributed by atoms with Crippen LogP contribution in [0.25, 0.3) is 21.5 Å². The molecule has 0 spiro atoms. The Hall–Kier alpha value is -3.58. The maximum atomic E-state index is 12.6. The monoisotopic (exact) mass is 467 g/mol. The molecule has 0 atom stereocenters. The fourth-order valence-electron chi connectivity index (χ4n) is 3.02. The Kier molecular flexibility index (Phi) is 5.42. The first kappa shape index (κ1) is 22.1. The summed E-state index contributed by atoms with van der Waals surface area (Å²) in [5.41, 5.74) is -1.62. The first-order valence-corrected chi connectivity index (χ1v) is 11.9. The molecule has 3 aromatic carbocycles. The van der Waals surface area contributed by atoms with Gasteiger partial charge in [-0.05, 0) is 22.2 Å². The molecule has 0 aliphatic carbocycles. The summed E-state index contributed by atoms with van der Waals surface area (Å²) in [5, 5.41) is 11.9. The Labute approximate surface area is 175 Å². The van der Waals surface area contributed by atoms with Crippen LogP contribution in [0.3, 0.4) is 0 Å². The van der Waals surface area contributed by atoms with Gasteiger partial charge in [-0.25, -0.2) is 9.59 Å². The van der Waals surface area contributed by atoms with Crippen LogP contribution in [-0.4, -0.2) is 46.2 Å². The van der Waals surface area contributed by atoms with Gasteiger partial charge in [0.25, 0.3) is 5.69 Å². The summed E-state index contributed by atoms with van der Waals surface area (Å²) < 4.78 is 54.6. The fraction of sp³-hybridized carbons (Fsp3) is 0.111. The molecular weight excluding hydrogens is 454 g/mol. The van der Waals surface area contributed by atoms with E-state index in [9.17, 15) is 36.5 Å². The summed E-state index contributed by atoms with van der Waals surface area (Å²) >= 11 is 0. The first-order valence-electron chi connectivity index (χ1n) is 8.28. The van der Waals surface area contributed by atoms with Crippen molar-refractivity contribution < 1.29 is 39.7 Å². The van der Waals surface area contributed by atoms with Gasteiger partial charge in [0.05, 0.1) is 28.6 Å². The highest BCUT2D eigenvalue weighted by molar-refractivity contribution is 7.86. The fourth-order valence-corrected chi connectivity index (χ4v) is 3.75. The highest BCUT2D eigenvalue weighted by atomic mass is 32.2. The van der Waals surface area contributed by atoms with Gasteiger partial charge >= 0.3 is 32.2 Å². The minimum Gasteiger partial charge on any atom is -0.341 e. The number of benzene rings is 3. The third kappa shape index (κ3) is 4.78. The molecule has 0 saturated heterocycles. The number of carbonyl (C=O) groups is 2. The molecule has 0 bridgehead atoms. The maximum absolute atomic E-state index is 12.6. The van der Waals surface area contributed by atoms with Gasteiger partial charge in [0.15, 0.2) is 0 Å². The topological polar surface area (TPSA) is 164 Å². The van der Waals surface area contributed by atoms with Gasteiger partial charge in [-0.2, -0.15) is 16.8 Å². The van der Waals surface area contributed by atoms with E-state index < -0.39 is 53.9 Å². The van der Waals surface area contributed by atoms with E-state index in [1.54, 1.807) is 24.3 Å². The zero-order chi connectivity index (χ0) is 23.1. The van der Waals surface area contributed by atoms with Crippen molar-refractivity contribution in [1.29, 1.82) is 0 Å². The Morgan fingerprint density at radius 3 is 1.87 bits per heavy atom. The molecule has 3 aromatic rings. The molecule has 0 aliphatic heterocycles. The van der Waals surface area contributed by atoms with Gasteiger partial charge in [-0.3, -0.25) is 10.1 Å². The first-order chi connectivity index (χ1) is 14.3. The number of carbonyl (C=O) groups excluding carboxylic acids is 2. The molecule has 0 heterocycles. The number of hydrogen-bond donors (Lipinski definition) is 0. The molecule has 0 fully saturated rings. The average molecular weight is 467 g/mol. The SMILES string of the molecule is CS(=O)(=O)OC(=O)c1cc([N+](=O)[O-])cc2c1c(C(=O)OS(C)(=O)=O)cc1ccccc12. The van der Waals surface area contributed by atoms with Crippen LogP contribution in [0, 0.1) is 10.1 Å². The van der Waals surface area contributed by atoms with Crippen molar-refractivity contribution in [2.45, 2.75) is 0 Å². The summed E-state index contributed by atoms with van der Waals surface area (Å²) in [6, 6.07) is 9.36. The van der Waals surface area contributed by atoms with E-state index in [0.717, 1.165) is 12.1 Å². The van der Waals surface area contributed by atoms with Crippen LogP contribution >= 0.6 is 0 Å². The smallest absolute Gasteiger partial charge is 0.341 e. The lowest BCUT2D eigenvalue weighted by Crippen LogP contribution is -2.16. The number of nitrogens with zero attached hydrogens (tertiary/aromatic N) is 1. The molecule has 0 aliphatic rings.